The van der Waals surface area contributed by atoms with E-state index >= 15 is 0 Å². The Hall–Kier alpha value is -2.52. The van der Waals surface area contributed by atoms with Crippen LogP contribution in [-0.4, -0.2) is 25.0 Å². The summed E-state index contributed by atoms with van der Waals surface area (Å²) in [4.78, 5) is 14.2. The number of nitrogens with zero attached hydrogens (tertiary/aromatic N) is 1. The lowest BCUT2D eigenvalue weighted by molar-refractivity contribution is -0.129. The third kappa shape index (κ3) is 4.12. The first-order valence-corrected chi connectivity index (χ1v) is 8.48. The van der Waals surface area contributed by atoms with E-state index in [2.05, 4.69) is 12.1 Å². The number of ether oxygens (including phenoxy) is 1. The first-order valence-electron chi connectivity index (χ1n) is 8.11. The molecule has 0 saturated carbocycles. The maximum absolute atomic E-state index is 12.5. The van der Waals surface area contributed by atoms with Gasteiger partial charge in [-0.15, -0.1) is 0 Å². The second kappa shape index (κ2) is 7.58. The monoisotopic (exact) mass is 353 g/mol. The van der Waals surface area contributed by atoms with E-state index in [0.717, 1.165) is 27.6 Å². The van der Waals surface area contributed by atoms with Crippen LogP contribution in [0.25, 0.3) is 10.8 Å². The Labute approximate surface area is 152 Å². The fourth-order valence-electron chi connectivity index (χ4n) is 2.80. The molecule has 3 aromatic rings. The molecule has 0 unspecified atom stereocenters. The molecule has 0 aliphatic heterocycles. The molecule has 1 amide bonds. The van der Waals surface area contributed by atoms with Gasteiger partial charge in [0.05, 0.1) is 13.5 Å². The van der Waals surface area contributed by atoms with Gasteiger partial charge in [-0.25, -0.2) is 0 Å². The second-order valence-corrected chi connectivity index (χ2v) is 6.47. The van der Waals surface area contributed by atoms with Gasteiger partial charge in [0.25, 0.3) is 0 Å². The standard InChI is InChI=1S/C21H20ClNO2/c1-23(21(24)13-18-5-3-4-6-20(18)22)14-15-7-8-17-12-19(25-2)10-9-16(17)11-15/h3-12H,13-14H2,1-2H3. The van der Waals surface area contributed by atoms with Crippen molar-refractivity contribution >= 4 is 28.3 Å². The Morgan fingerprint density at radius 1 is 1.04 bits per heavy atom. The Balaban J connectivity index is 1.71. The van der Waals surface area contributed by atoms with E-state index in [1.165, 1.54) is 0 Å². The molecule has 128 valence electrons. The van der Waals surface area contributed by atoms with Crippen molar-refractivity contribution in [3.63, 3.8) is 0 Å². The van der Waals surface area contributed by atoms with Crippen LogP contribution in [0, 0.1) is 0 Å². The summed E-state index contributed by atoms with van der Waals surface area (Å²) in [6.45, 7) is 0.561. The van der Waals surface area contributed by atoms with Crippen LogP contribution < -0.4 is 4.74 Å². The van der Waals surface area contributed by atoms with E-state index in [1.807, 2.05) is 55.6 Å². The van der Waals surface area contributed by atoms with Crippen LogP contribution in [0.1, 0.15) is 11.1 Å². The Morgan fingerprint density at radius 2 is 1.76 bits per heavy atom. The van der Waals surface area contributed by atoms with E-state index in [1.54, 1.807) is 12.0 Å². The van der Waals surface area contributed by atoms with Crippen LogP contribution in [0.5, 0.6) is 5.75 Å². The molecule has 0 radical (unpaired) electrons. The van der Waals surface area contributed by atoms with Crippen LogP contribution >= 0.6 is 11.6 Å². The number of carbonyl (C=O) groups excluding carboxylic acids is 1. The van der Waals surface area contributed by atoms with Gasteiger partial charge in [-0.05, 0) is 46.2 Å². The number of likely N-dealkylation sites (N-methyl/N-ethyl adjacent to an activating group) is 1. The number of hydrogen-bond acceptors (Lipinski definition) is 2. The van der Waals surface area contributed by atoms with E-state index < -0.39 is 0 Å². The van der Waals surface area contributed by atoms with Crippen molar-refractivity contribution in [2.24, 2.45) is 0 Å². The molecule has 3 nitrogen and oxygen atoms in total. The van der Waals surface area contributed by atoms with Gasteiger partial charge in [0, 0.05) is 18.6 Å². The average Bonchev–Trinajstić information content (AvgIpc) is 2.63. The molecule has 0 spiro atoms. The Bertz CT molecular complexity index is 907. The lowest BCUT2D eigenvalue weighted by Gasteiger charge is -2.18. The predicted octanol–water partition coefficient (Wildman–Crippen LogP) is 4.70. The van der Waals surface area contributed by atoms with Gasteiger partial charge in [-0.2, -0.15) is 0 Å². The van der Waals surface area contributed by atoms with Gasteiger partial charge in [0.1, 0.15) is 5.75 Å². The Morgan fingerprint density at radius 3 is 2.52 bits per heavy atom. The normalized spacial score (nSPS) is 10.7. The maximum Gasteiger partial charge on any atom is 0.227 e. The maximum atomic E-state index is 12.5. The van der Waals surface area contributed by atoms with Crippen LogP contribution in [0.3, 0.4) is 0 Å². The Kier molecular flexibility index (Phi) is 5.25. The van der Waals surface area contributed by atoms with Crippen molar-refractivity contribution in [2.75, 3.05) is 14.2 Å². The highest BCUT2D eigenvalue weighted by Crippen LogP contribution is 2.22. The van der Waals surface area contributed by atoms with Gasteiger partial charge >= 0.3 is 0 Å². The van der Waals surface area contributed by atoms with Gasteiger partial charge in [0.15, 0.2) is 0 Å². The minimum Gasteiger partial charge on any atom is -0.497 e. The third-order valence-corrected chi connectivity index (χ3v) is 4.63. The van der Waals surface area contributed by atoms with Gasteiger partial charge in [-0.1, -0.05) is 48.0 Å². The number of halogens is 1. The molecule has 25 heavy (non-hydrogen) atoms. The number of benzene rings is 3. The highest BCUT2D eigenvalue weighted by molar-refractivity contribution is 6.31. The zero-order chi connectivity index (χ0) is 17.8. The van der Waals surface area contributed by atoms with Crippen LogP contribution in [0.4, 0.5) is 0 Å². The molecule has 0 aliphatic carbocycles. The summed E-state index contributed by atoms with van der Waals surface area (Å²) in [5.41, 5.74) is 1.94. The van der Waals surface area contributed by atoms with Crippen LogP contribution in [-0.2, 0) is 17.8 Å². The molecular formula is C21H20ClNO2. The molecule has 4 heteroatoms. The quantitative estimate of drug-likeness (QED) is 0.665. The molecule has 0 bridgehead atoms. The van der Waals surface area contributed by atoms with Gasteiger partial charge in [-0.3, -0.25) is 4.79 Å². The van der Waals surface area contributed by atoms with Crippen molar-refractivity contribution in [2.45, 2.75) is 13.0 Å². The SMILES string of the molecule is COc1ccc2cc(CN(C)C(=O)Cc3ccccc3Cl)ccc2c1. The summed E-state index contributed by atoms with van der Waals surface area (Å²) in [5, 5.41) is 2.88. The van der Waals surface area contributed by atoms with Crippen molar-refractivity contribution in [3.8, 4) is 5.75 Å². The topological polar surface area (TPSA) is 29.5 Å². The highest BCUT2D eigenvalue weighted by Gasteiger charge is 2.12. The predicted molar refractivity (Wildman–Crippen MR) is 102 cm³/mol. The van der Waals surface area contributed by atoms with Crippen LogP contribution in [0.15, 0.2) is 60.7 Å². The van der Waals surface area contributed by atoms with Crippen LogP contribution in [0.2, 0.25) is 5.02 Å². The number of rotatable bonds is 5. The summed E-state index contributed by atoms with van der Waals surface area (Å²) in [6, 6.07) is 19.6. The van der Waals surface area contributed by atoms with Crippen molar-refractivity contribution < 1.29 is 9.53 Å². The zero-order valence-electron chi connectivity index (χ0n) is 14.3. The molecule has 0 atom stereocenters. The summed E-state index contributed by atoms with van der Waals surface area (Å²) >= 11 is 6.14. The van der Waals surface area contributed by atoms with Crippen molar-refractivity contribution in [1.29, 1.82) is 0 Å². The lowest BCUT2D eigenvalue weighted by Crippen LogP contribution is -2.27. The first-order chi connectivity index (χ1) is 12.1. The fourth-order valence-corrected chi connectivity index (χ4v) is 3.00. The number of methoxy groups -OCH3 is 1. The fraction of sp³-hybridized carbons (Fsp3) is 0.190. The molecule has 0 N–H and O–H groups in total. The summed E-state index contributed by atoms with van der Waals surface area (Å²) in [7, 11) is 3.48. The molecule has 3 aromatic carbocycles. The molecule has 0 saturated heterocycles. The lowest BCUT2D eigenvalue weighted by atomic mass is 10.1. The van der Waals surface area contributed by atoms with E-state index in [4.69, 9.17) is 16.3 Å². The number of amides is 1. The van der Waals surface area contributed by atoms with Crippen molar-refractivity contribution in [3.05, 3.63) is 76.8 Å². The minimum atomic E-state index is 0.0444. The summed E-state index contributed by atoms with van der Waals surface area (Å²) in [5.74, 6) is 0.884. The van der Waals surface area contributed by atoms with E-state index in [0.29, 0.717) is 18.0 Å². The summed E-state index contributed by atoms with van der Waals surface area (Å²) in [6.07, 6.45) is 0.307. The number of hydrogen-bond donors (Lipinski definition) is 0. The van der Waals surface area contributed by atoms with Gasteiger partial charge < -0.3 is 9.64 Å². The molecular weight excluding hydrogens is 334 g/mol. The van der Waals surface area contributed by atoms with E-state index in [-0.39, 0.29) is 5.91 Å². The summed E-state index contributed by atoms with van der Waals surface area (Å²) < 4.78 is 5.25. The molecule has 0 heterocycles. The third-order valence-electron chi connectivity index (χ3n) is 4.26. The number of fused-ring (bicyclic) bond motifs is 1. The highest BCUT2D eigenvalue weighted by atomic mass is 35.5. The molecule has 0 aromatic heterocycles. The number of carbonyl (C=O) groups is 1. The van der Waals surface area contributed by atoms with Crippen molar-refractivity contribution in [1.82, 2.24) is 4.90 Å². The zero-order valence-corrected chi connectivity index (χ0v) is 15.1. The molecule has 0 aliphatic rings. The smallest absolute Gasteiger partial charge is 0.227 e. The largest absolute Gasteiger partial charge is 0.497 e. The average molecular weight is 354 g/mol. The van der Waals surface area contributed by atoms with Gasteiger partial charge in [0.2, 0.25) is 5.91 Å². The first kappa shape index (κ1) is 17.3. The minimum absolute atomic E-state index is 0.0444. The second-order valence-electron chi connectivity index (χ2n) is 6.07. The molecule has 3 rings (SSSR count). The molecule has 0 fully saturated rings. The van der Waals surface area contributed by atoms with E-state index in [9.17, 15) is 4.79 Å².